The van der Waals surface area contributed by atoms with Crippen LogP contribution in [0.3, 0.4) is 0 Å². The third-order valence-corrected chi connectivity index (χ3v) is 2.74. The van der Waals surface area contributed by atoms with Gasteiger partial charge in [0.25, 0.3) is 5.91 Å². The zero-order valence-electron chi connectivity index (χ0n) is 9.58. The third kappa shape index (κ3) is 3.25. The standard InChI is InChI=1S/C11H17NO4/c1-3-11(2,6-9(13)14)12-10(15)8-4-5-16-7-8/h7H,3-6H2,1-2H3,(H,12,15)(H,13,14). The number of hydrogen-bond acceptors (Lipinski definition) is 3. The molecule has 0 saturated heterocycles. The van der Waals surface area contributed by atoms with Crippen molar-refractivity contribution in [1.82, 2.24) is 5.32 Å². The fraction of sp³-hybridized carbons (Fsp3) is 0.636. The summed E-state index contributed by atoms with van der Waals surface area (Å²) in [6.07, 6.45) is 2.51. The molecule has 0 bridgehead atoms. The van der Waals surface area contributed by atoms with Crippen LogP contribution in [0.4, 0.5) is 0 Å². The summed E-state index contributed by atoms with van der Waals surface area (Å²) < 4.78 is 4.97. The first-order valence-corrected chi connectivity index (χ1v) is 5.32. The number of nitrogens with one attached hydrogen (secondary N) is 1. The van der Waals surface area contributed by atoms with Gasteiger partial charge < -0.3 is 15.2 Å². The van der Waals surface area contributed by atoms with Gasteiger partial charge in [0.15, 0.2) is 0 Å². The highest BCUT2D eigenvalue weighted by molar-refractivity contribution is 5.94. The lowest BCUT2D eigenvalue weighted by molar-refractivity contribution is -0.138. The summed E-state index contributed by atoms with van der Waals surface area (Å²) in [4.78, 5) is 22.4. The van der Waals surface area contributed by atoms with Gasteiger partial charge in [0, 0.05) is 12.0 Å². The van der Waals surface area contributed by atoms with Crippen LogP contribution in [0, 0.1) is 0 Å². The van der Waals surface area contributed by atoms with Crippen molar-refractivity contribution >= 4 is 11.9 Å². The first kappa shape index (κ1) is 12.5. The Kier molecular flexibility index (Phi) is 3.93. The second-order valence-electron chi connectivity index (χ2n) is 4.20. The number of carbonyl (C=O) groups is 2. The quantitative estimate of drug-likeness (QED) is 0.736. The van der Waals surface area contributed by atoms with E-state index in [-0.39, 0.29) is 12.3 Å². The average molecular weight is 227 g/mol. The van der Waals surface area contributed by atoms with Crippen molar-refractivity contribution in [2.24, 2.45) is 0 Å². The largest absolute Gasteiger partial charge is 0.500 e. The molecular weight excluding hydrogens is 210 g/mol. The predicted molar refractivity (Wildman–Crippen MR) is 57.7 cm³/mol. The molecule has 0 radical (unpaired) electrons. The third-order valence-electron chi connectivity index (χ3n) is 2.74. The molecule has 90 valence electrons. The van der Waals surface area contributed by atoms with E-state index in [1.165, 1.54) is 6.26 Å². The Balaban J connectivity index is 2.61. The zero-order valence-corrected chi connectivity index (χ0v) is 9.58. The Morgan fingerprint density at radius 2 is 2.31 bits per heavy atom. The van der Waals surface area contributed by atoms with Gasteiger partial charge in [-0.25, -0.2) is 0 Å². The first-order chi connectivity index (χ1) is 7.47. The van der Waals surface area contributed by atoms with E-state index < -0.39 is 11.5 Å². The fourth-order valence-electron chi connectivity index (χ4n) is 1.50. The van der Waals surface area contributed by atoms with Gasteiger partial charge in [0.1, 0.15) is 0 Å². The molecule has 16 heavy (non-hydrogen) atoms. The highest BCUT2D eigenvalue weighted by atomic mass is 16.5. The summed E-state index contributed by atoms with van der Waals surface area (Å²) in [5.41, 5.74) is -0.128. The molecule has 0 saturated carbocycles. The fourth-order valence-corrected chi connectivity index (χ4v) is 1.50. The molecule has 0 aliphatic carbocycles. The minimum atomic E-state index is -0.915. The molecule has 0 aromatic heterocycles. The van der Waals surface area contributed by atoms with Crippen LogP contribution in [0.5, 0.6) is 0 Å². The van der Waals surface area contributed by atoms with Crippen molar-refractivity contribution in [1.29, 1.82) is 0 Å². The number of aliphatic carboxylic acids is 1. The first-order valence-electron chi connectivity index (χ1n) is 5.32. The molecule has 1 aliphatic heterocycles. The lowest BCUT2D eigenvalue weighted by atomic mass is 9.94. The topological polar surface area (TPSA) is 75.6 Å². The normalized spacial score (nSPS) is 18.2. The number of amides is 1. The number of carboxylic acid groups (broad SMARTS) is 1. The molecule has 0 aromatic rings. The van der Waals surface area contributed by atoms with Gasteiger partial charge in [-0.15, -0.1) is 0 Å². The Bertz CT molecular complexity index is 324. The maximum absolute atomic E-state index is 11.7. The molecule has 1 heterocycles. The maximum Gasteiger partial charge on any atom is 0.305 e. The van der Waals surface area contributed by atoms with Crippen LogP contribution >= 0.6 is 0 Å². The van der Waals surface area contributed by atoms with E-state index >= 15 is 0 Å². The number of hydrogen-bond donors (Lipinski definition) is 2. The number of carbonyl (C=O) groups excluding carboxylic acids is 1. The molecular formula is C11H17NO4. The smallest absolute Gasteiger partial charge is 0.305 e. The Morgan fingerprint density at radius 3 is 2.75 bits per heavy atom. The lowest BCUT2D eigenvalue weighted by Gasteiger charge is -2.27. The predicted octanol–water partition coefficient (Wildman–Crippen LogP) is 1.05. The molecule has 0 aromatic carbocycles. The van der Waals surface area contributed by atoms with E-state index in [9.17, 15) is 9.59 Å². The summed E-state index contributed by atoms with van der Waals surface area (Å²) >= 11 is 0. The van der Waals surface area contributed by atoms with Crippen molar-refractivity contribution in [3.63, 3.8) is 0 Å². The number of ether oxygens (including phenoxy) is 1. The van der Waals surface area contributed by atoms with Gasteiger partial charge in [-0.3, -0.25) is 9.59 Å². The van der Waals surface area contributed by atoms with E-state index in [0.29, 0.717) is 25.0 Å². The second kappa shape index (κ2) is 5.01. The molecule has 1 atom stereocenters. The minimum absolute atomic E-state index is 0.0800. The Hall–Kier alpha value is -1.52. The Labute approximate surface area is 94.5 Å². The van der Waals surface area contributed by atoms with Crippen LogP contribution in [-0.4, -0.2) is 29.1 Å². The van der Waals surface area contributed by atoms with E-state index in [4.69, 9.17) is 9.84 Å². The van der Waals surface area contributed by atoms with E-state index in [1.54, 1.807) is 6.92 Å². The molecule has 5 heteroatoms. The molecule has 0 fully saturated rings. The summed E-state index contributed by atoms with van der Waals surface area (Å²) in [6, 6.07) is 0. The highest BCUT2D eigenvalue weighted by Crippen LogP contribution is 2.17. The molecule has 0 spiro atoms. The van der Waals surface area contributed by atoms with E-state index in [0.717, 1.165) is 0 Å². The van der Waals surface area contributed by atoms with Gasteiger partial charge in [0.2, 0.25) is 0 Å². The van der Waals surface area contributed by atoms with Gasteiger partial charge >= 0.3 is 5.97 Å². The summed E-state index contributed by atoms with van der Waals surface area (Å²) in [7, 11) is 0. The maximum atomic E-state index is 11.7. The van der Waals surface area contributed by atoms with Crippen molar-refractivity contribution < 1.29 is 19.4 Å². The molecule has 2 N–H and O–H groups in total. The van der Waals surface area contributed by atoms with Crippen LogP contribution in [0.25, 0.3) is 0 Å². The van der Waals surface area contributed by atoms with Gasteiger partial charge in [0.05, 0.1) is 24.9 Å². The summed E-state index contributed by atoms with van der Waals surface area (Å²) in [5, 5.41) is 11.5. The molecule has 1 rings (SSSR count). The van der Waals surface area contributed by atoms with Crippen molar-refractivity contribution in [2.45, 2.75) is 38.6 Å². The minimum Gasteiger partial charge on any atom is -0.500 e. The zero-order chi connectivity index (χ0) is 12.2. The van der Waals surface area contributed by atoms with E-state index in [2.05, 4.69) is 5.32 Å². The molecule has 1 amide bonds. The second-order valence-corrected chi connectivity index (χ2v) is 4.20. The van der Waals surface area contributed by atoms with Crippen LogP contribution < -0.4 is 5.32 Å². The number of rotatable bonds is 5. The van der Waals surface area contributed by atoms with Gasteiger partial charge in [-0.2, -0.15) is 0 Å². The SMILES string of the molecule is CCC(C)(CC(=O)O)NC(=O)C1=COCC1. The molecule has 1 aliphatic rings. The Morgan fingerprint density at radius 1 is 1.62 bits per heavy atom. The summed E-state index contributed by atoms with van der Waals surface area (Å²) in [5.74, 6) is -1.15. The van der Waals surface area contributed by atoms with Gasteiger partial charge in [-0.05, 0) is 13.3 Å². The average Bonchev–Trinajstić information content (AvgIpc) is 2.69. The van der Waals surface area contributed by atoms with Crippen LogP contribution in [0.1, 0.15) is 33.1 Å². The molecule has 1 unspecified atom stereocenters. The van der Waals surface area contributed by atoms with Crippen LogP contribution in [-0.2, 0) is 14.3 Å². The van der Waals surface area contributed by atoms with Crippen molar-refractivity contribution in [3.05, 3.63) is 11.8 Å². The van der Waals surface area contributed by atoms with Crippen molar-refractivity contribution in [3.8, 4) is 0 Å². The molecule has 5 nitrogen and oxygen atoms in total. The van der Waals surface area contributed by atoms with Crippen molar-refractivity contribution in [2.75, 3.05) is 6.61 Å². The van der Waals surface area contributed by atoms with Crippen LogP contribution in [0.15, 0.2) is 11.8 Å². The summed E-state index contributed by atoms with van der Waals surface area (Å²) in [6.45, 7) is 4.10. The van der Waals surface area contributed by atoms with Gasteiger partial charge in [-0.1, -0.05) is 6.92 Å². The number of carboxylic acids is 1. The lowest BCUT2D eigenvalue weighted by Crippen LogP contribution is -2.47. The highest BCUT2D eigenvalue weighted by Gasteiger charge is 2.29. The monoisotopic (exact) mass is 227 g/mol. The van der Waals surface area contributed by atoms with Crippen LogP contribution in [0.2, 0.25) is 0 Å². The van der Waals surface area contributed by atoms with E-state index in [1.807, 2.05) is 6.92 Å².